The van der Waals surface area contributed by atoms with Gasteiger partial charge in [-0.05, 0) is 37.8 Å². The van der Waals surface area contributed by atoms with E-state index in [1.807, 2.05) is 4.90 Å². The molecule has 19 heavy (non-hydrogen) atoms. The first-order valence-corrected chi connectivity index (χ1v) is 6.76. The van der Waals surface area contributed by atoms with Crippen molar-refractivity contribution in [3.63, 3.8) is 0 Å². The third kappa shape index (κ3) is 4.29. The first-order valence-electron chi connectivity index (χ1n) is 6.76. The van der Waals surface area contributed by atoms with Crippen LogP contribution in [0, 0.1) is 0 Å². The predicted octanol–water partition coefficient (Wildman–Crippen LogP) is 1.43. The van der Waals surface area contributed by atoms with Crippen molar-refractivity contribution >= 4 is 5.97 Å². The minimum atomic E-state index is -0.340. The summed E-state index contributed by atoms with van der Waals surface area (Å²) in [4.78, 5) is 17.6. The van der Waals surface area contributed by atoms with E-state index < -0.39 is 0 Å². The number of hydrogen-bond donors (Lipinski definition) is 1. The fraction of sp³-hybridized carbons (Fsp3) is 0.571. The van der Waals surface area contributed by atoms with E-state index in [9.17, 15) is 9.90 Å². The number of aliphatic hydroxyl groups is 1. The molecule has 5 heteroatoms. The Labute approximate surface area is 113 Å². The van der Waals surface area contributed by atoms with Crippen molar-refractivity contribution in [3.8, 4) is 0 Å². The van der Waals surface area contributed by atoms with Gasteiger partial charge in [0, 0.05) is 25.5 Å². The van der Waals surface area contributed by atoms with Crippen LogP contribution in [0.1, 0.15) is 36.0 Å². The first-order chi connectivity index (χ1) is 9.27. The van der Waals surface area contributed by atoms with Crippen LogP contribution in [0.5, 0.6) is 0 Å². The maximum Gasteiger partial charge on any atom is 0.339 e. The number of ether oxygens (including phenoxy) is 1. The smallest absolute Gasteiger partial charge is 0.339 e. The standard InChI is InChI=1S/C14H20N2O3/c17-13-6-1-2-8-16(13)9-4-10-19-14(18)12-5-3-7-15-11-12/h3,5,7,11,13,17H,1-2,4,6,8-10H2. The number of pyridine rings is 1. The van der Waals surface area contributed by atoms with E-state index in [-0.39, 0.29) is 12.2 Å². The predicted molar refractivity (Wildman–Crippen MR) is 70.6 cm³/mol. The molecule has 0 bridgehead atoms. The molecule has 0 aromatic carbocycles. The van der Waals surface area contributed by atoms with Gasteiger partial charge < -0.3 is 9.84 Å². The Morgan fingerprint density at radius 1 is 1.53 bits per heavy atom. The SMILES string of the molecule is O=C(OCCCN1CCCCC1O)c1cccnc1. The summed E-state index contributed by atoms with van der Waals surface area (Å²) in [5.41, 5.74) is 0.473. The van der Waals surface area contributed by atoms with Gasteiger partial charge in [0.05, 0.1) is 12.2 Å². The van der Waals surface area contributed by atoms with Gasteiger partial charge in [0.1, 0.15) is 6.23 Å². The number of piperidine rings is 1. The molecular weight excluding hydrogens is 244 g/mol. The van der Waals surface area contributed by atoms with E-state index in [0.29, 0.717) is 12.2 Å². The maximum absolute atomic E-state index is 11.6. The number of carbonyl (C=O) groups is 1. The normalized spacial score (nSPS) is 20.2. The highest BCUT2D eigenvalue weighted by Gasteiger charge is 2.19. The number of likely N-dealkylation sites (tertiary alicyclic amines) is 1. The second-order valence-electron chi connectivity index (χ2n) is 4.74. The summed E-state index contributed by atoms with van der Waals surface area (Å²) in [5, 5.41) is 9.77. The minimum Gasteiger partial charge on any atom is -0.462 e. The highest BCUT2D eigenvalue weighted by atomic mass is 16.5. The molecule has 1 saturated heterocycles. The zero-order valence-electron chi connectivity index (χ0n) is 11.0. The first kappa shape index (κ1) is 14.0. The second-order valence-corrected chi connectivity index (χ2v) is 4.74. The summed E-state index contributed by atoms with van der Waals surface area (Å²) in [5.74, 6) is -0.340. The number of carbonyl (C=O) groups excluding carboxylic acids is 1. The lowest BCUT2D eigenvalue weighted by atomic mass is 10.1. The zero-order chi connectivity index (χ0) is 13.5. The minimum absolute atomic E-state index is 0.331. The summed E-state index contributed by atoms with van der Waals surface area (Å²) >= 11 is 0. The Kier molecular flexibility index (Phi) is 5.30. The molecule has 5 nitrogen and oxygen atoms in total. The maximum atomic E-state index is 11.6. The van der Waals surface area contributed by atoms with Crippen molar-refractivity contribution in [1.29, 1.82) is 0 Å². The summed E-state index contributed by atoms with van der Waals surface area (Å²) in [6.07, 6.45) is 6.59. The van der Waals surface area contributed by atoms with Gasteiger partial charge in [0.15, 0.2) is 0 Å². The van der Waals surface area contributed by atoms with E-state index in [2.05, 4.69) is 4.98 Å². The van der Waals surface area contributed by atoms with Gasteiger partial charge in [0.25, 0.3) is 0 Å². The number of hydrogen-bond acceptors (Lipinski definition) is 5. The molecule has 1 aromatic rings. The third-order valence-electron chi connectivity index (χ3n) is 3.30. The Balaban J connectivity index is 1.65. The average molecular weight is 264 g/mol. The Bertz CT molecular complexity index is 397. The van der Waals surface area contributed by atoms with Crippen molar-refractivity contribution in [3.05, 3.63) is 30.1 Å². The monoisotopic (exact) mass is 264 g/mol. The van der Waals surface area contributed by atoms with Gasteiger partial charge in [-0.15, -0.1) is 0 Å². The summed E-state index contributed by atoms with van der Waals surface area (Å²) < 4.78 is 5.17. The Hall–Kier alpha value is -1.46. The average Bonchev–Trinajstić information content (AvgIpc) is 2.46. The summed E-state index contributed by atoms with van der Waals surface area (Å²) in [6, 6.07) is 3.39. The van der Waals surface area contributed by atoms with Gasteiger partial charge in [-0.2, -0.15) is 0 Å². The Morgan fingerprint density at radius 3 is 3.16 bits per heavy atom. The van der Waals surface area contributed by atoms with E-state index >= 15 is 0 Å². The number of aromatic nitrogens is 1. The van der Waals surface area contributed by atoms with Crippen LogP contribution >= 0.6 is 0 Å². The highest BCUT2D eigenvalue weighted by Crippen LogP contribution is 2.14. The molecular formula is C14H20N2O3. The molecule has 104 valence electrons. The van der Waals surface area contributed by atoms with Crippen LogP contribution in [0.25, 0.3) is 0 Å². The van der Waals surface area contributed by atoms with E-state index in [0.717, 1.165) is 38.8 Å². The van der Waals surface area contributed by atoms with Gasteiger partial charge >= 0.3 is 5.97 Å². The van der Waals surface area contributed by atoms with Gasteiger partial charge in [-0.1, -0.05) is 0 Å². The van der Waals surface area contributed by atoms with Gasteiger partial charge in [-0.25, -0.2) is 4.79 Å². The lowest BCUT2D eigenvalue weighted by Crippen LogP contribution is -2.40. The molecule has 2 heterocycles. The zero-order valence-corrected chi connectivity index (χ0v) is 11.0. The van der Waals surface area contributed by atoms with Crippen LogP contribution in [0.2, 0.25) is 0 Å². The molecule has 0 saturated carbocycles. The van der Waals surface area contributed by atoms with E-state index in [1.165, 1.54) is 6.20 Å². The van der Waals surface area contributed by atoms with Crippen molar-refractivity contribution in [1.82, 2.24) is 9.88 Å². The molecule has 0 aliphatic carbocycles. The number of aliphatic hydroxyl groups excluding tert-OH is 1. The Morgan fingerprint density at radius 2 is 2.42 bits per heavy atom. The fourth-order valence-electron chi connectivity index (χ4n) is 2.23. The van der Waals surface area contributed by atoms with E-state index in [4.69, 9.17) is 4.74 Å². The number of esters is 1. The molecule has 1 aliphatic rings. The molecule has 0 amide bonds. The van der Waals surface area contributed by atoms with Crippen molar-refractivity contribution in [2.45, 2.75) is 31.9 Å². The topological polar surface area (TPSA) is 62.7 Å². The van der Waals surface area contributed by atoms with Crippen LogP contribution in [0.4, 0.5) is 0 Å². The van der Waals surface area contributed by atoms with E-state index in [1.54, 1.807) is 18.3 Å². The molecule has 1 atom stereocenters. The highest BCUT2D eigenvalue weighted by molar-refractivity contribution is 5.88. The molecule has 0 spiro atoms. The molecule has 1 aliphatic heterocycles. The lowest BCUT2D eigenvalue weighted by molar-refractivity contribution is -0.0268. The van der Waals surface area contributed by atoms with Crippen LogP contribution in [0.3, 0.4) is 0 Å². The fourth-order valence-corrected chi connectivity index (χ4v) is 2.23. The molecule has 1 unspecified atom stereocenters. The van der Waals surface area contributed by atoms with Crippen molar-refractivity contribution < 1.29 is 14.6 Å². The summed E-state index contributed by atoms with van der Waals surface area (Å²) in [7, 11) is 0. The van der Waals surface area contributed by atoms with Gasteiger partial charge in [-0.3, -0.25) is 9.88 Å². The van der Waals surface area contributed by atoms with Crippen molar-refractivity contribution in [2.24, 2.45) is 0 Å². The van der Waals surface area contributed by atoms with Crippen LogP contribution < -0.4 is 0 Å². The molecule has 1 aromatic heterocycles. The van der Waals surface area contributed by atoms with Gasteiger partial charge in [0.2, 0.25) is 0 Å². The van der Waals surface area contributed by atoms with Crippen molar-refractivity contribution in [2.75, 3.05) is 19.7 Å². The molecule has 0 radical (unpaired) electrons. The molecule has 1 fully saturated rings. The quantitative estimate of drug-likeness (QED) is 0.644. The molecule has 1 N–H and O–H groups in total. The third-order valence-corrected chi connectivity index (χ3v) is 3.30. The number of rotatable bonds is 5. The van der Waals surface area contributed by atoms with Crippen LogP contribution in [-0.4, -0.2) is 46.9 Å². The largest absolute Gasteiger partial charge is 0.462 e. The molecule has 2 rings (SSSR count). The summed E-state index contributed by atoms with van der Waals surface area (Å²) in [6.45, 7) is 2.07. The number of nitrogens with zero attached hydrogens (tertiary/aromatic N) is 2. The second kappa shape index (κ2) is 7.21. The van der Waals surface area contributed by atoms with Crippen LogP contribution in [0.15, 0.2) is 24.5 Å². The lowest BCUT2D eigenvalue weighted by Gasteiger charge is -2.31. The van der Waals surface area contributed by atoms with Crippen LogP contribution in [-0.2, 0) is 4.74 Å².